The first kappa shape index (κ1) is 36.7. The van der Waals surface area contributed by atoms with Gasteiger partial charge < -0.3 is 0 Å². The van der Waals surface area contributed by atoms with Gasteiger partial charge in [0.2, 0.25) is 0 Å². The number of rotatable bonds is 7. The van der Waals surface area contributed by atoms with E-state index < -0.39 is 0 Å². The average molecular weight is 724 g/mol. The van der Waals surface area contributed by atoms with Crippen molar-refractivity contribution < 1.29 is 0 Å². The first-order valence-electron chi connectivity index (χ1n) is 19.9. The molecule has 0 fully saturated rings. The molecule has 0 unspecified atom stereocenters. The molecule has 7 aromatic rings. The molecule has 0 aromatic heterocycles. The average Bonchev–Trinajstić information content (AvgIpc) is 3.71. The van der Waals surface area contributed by atoms with Crippen LogP contribution in [0.1, 0.15) is 80.0 Å². The number of nitrogens with zero attached hydrogens (tertiary/aromatic N) is 1. The Morgan fingerprint density at radius 1 is 0.500 bits per heavy atom. The van der Waals surface area contributed by atoms with Gasteiger partial charge in [-0.15, -0.1) is 0 Å². The maximum atomic E-state index is 5.46. The zero-order chi connectivity index (χ0) is 38.8. The van der Waals surface area contributed by atoms with E-state index in [1.807, 2.05) is 13.0 Å². The predicted octanol–water partition coefficient (Wildman–Crippen LogP) is 14.7. The minimum atomic E-state index is -0.339. The third-order valence-corrected chi connectivity index (χ3v) is 11.5. The van der Waals surface area contributed by atoms with Crippen LogP contribution in [-0.2, 0) is 5.41 Å². The fourth-order valence-electron chi connectivity index (χ4n) is 8.65. The fourth-order valence-corrected chi connectivity index (χ4v) is 8.65. The number of allylic oxidation sites excluding steroid dienone is 2. The molecule has 9 rings (SSSR count). The molecule has 0 atom stereocenters. The molecule has 2 aliphatic rings. The number of fused-ring (bicyclic) bond motifs is 10. The van der Waals surface area contributed by atoms with Crippen LogP contribution < -0.4 is 0 Å². The third-order valence-electron chi connectivity index (χ3n) is 11.5. The summed E-state index contributed by atoms with van der Waals surface area (Å²) in [6.45, 7) is 14.9. The van der Waals surface area contributed by atoms with Crippen molar-refractivity contribution in [2.45, 2.75) is 46.5 Å². The van der Waals surface area contributed by atoms with E-state index in [0.717, 1.165) is 23.4 Å². The normalized spacial score (nSPS) is 13.6. The molecular formula is C55H49N. The molecule has 1 spiro atoms. The van der Waals surface area contributed by atoms with Gasteiger partial charge in [0, 0.05) is 5.56 Å². The SMILES string of the molecule is C=C(C)c1ccc(-c2ccccc2)cc1.CC/C(C)=C(/N=C(c1ccc2c(c1)C1(c3ccccc3-c3ccccc31)c1ccccc1-2)C(C)C)c1ccccc1. The van der Waals surface area contributed by atoms with Crippen LogP contribution in [0.4, 0.5) is 0 Å². The third kappa shape index (κ3) is 6.38. The molecule has 1 nitrogen and oxygen atoms in total. The highest BCUT2D eigenvalue weighted by atomic mass is 14.8. The van der Waals surface area contributed by atoms with Crippen LogP contribution in [0.15, 0.2) is 193 Å². The minimum Gasteiger partial charge on any atom is -0.252 e. The summed E-state index contributed by atoms with van der Waals surface area (Å²) in [5.41, 5.74) is 21.2. The quantitative estimate of drug-likeness (QED) is 0.145. The van der Waals surface area contributed by atoms with Crippen molar-refractivity contribution in [3.8, 4) is 33.4 Å². The highest BCUT2D eigenvalue weighted by Crippen LogP contribution is 2.62. The van der Waals surface area contributed by atoms with E-state index in [2.05, 4.69) is 204 Å². The summed E-state index contributed by atoms with van der Waals surface area (Å²) < 4.78 is 0. The van der Waals surface area contributed by atoms with E-state index in [1.54, 1.807) is 0 Å². The summed E-state index contributed by atoms with van der Waals surface area (Å²) >= 11 is 0. The molecule has 0 aliphatic heterocycles. The van der Waals surface area contributed by atoms with E-state index in [-0.39, 0.29) is 11.3 Å². The Morgan fingerprint density at radius 3 is 1.45 bits per heavy atom. The molecule has 7 aromatic carbocycles. The van der Waals surface area contributed by atoms with Gasteiger partial charge in [-0.1, -0.05) is 203 Å². The van der Waals surface area contributed by atoms with Crippen LogP contribution in [0.3, 0.4) is 0 Å². The van der Waals surface area contributed by atoms with Gasteiger partial charge in [-0.05, 0) is 105 Å². The highest BCUT2D eigenvalue weighted by molar-refractivity contribution is 6.06. The van der Waals surface area contributed by atoms with Crippen LogP contribution in [0.5, 0.6) is 0 Å². The summed E-state index contributed by atoms with van der Waals surface area (Å²) in [5.74, 6) is 0.263. The molecule has 1 heteroatoms. The van der Waals surface area contributed by atoms with Crippen LogP contribution in [0.2, 0.25) is 0 Å². The van der Waals surface area contributed by atoms with Gasteiger partial charge in [0.15, 0.2) is 0 Å². The molecule has 0 saturated heterocycles. The first-order chi connectivity index (χ1) is 27.3. The lowest BCUT2D eigenvalue weighted by atomic mass is 9.70. The van der Waals surface area contributed by atoms with Gasteiger partial charge in [0.1, 0.15) is 0 Å². The second-order valence-corrected chi connectivity index (χ2v) is 15.4. The Balaban J connectivity index is 0.000000247. The Hall–Kier alpha value is -6.31. The summed E-state index contributed by atoms with van der Waals surface area (Å²) in [7, 11) is 0. The van der Waals surface area contributed by atoms with Gasteiger partial charge in [0.05, 0.1) is 16.8 Å². The van der Waals surface area contributed by atoms with E-state index >= 15 is 0 Å². The maximum Gasteiger partial charge on any atom is 0.0725 e. The van der Waals surface area contributed by atoms with Gasteiger partial charge in [0.25, 0.3) is 0 Å². The van der Waals surface area contributed by atoms with Crippen molar-refractivity contribution in [3.05, 3.63) is 227 Å². The van der Waals surface area contributed by atoms with E-state index in [9.17, 15) is 0 Å². The number of hydrogen-bond acceptors (Lipinski definition) is 1. The maximum absolute atomic E-state index is 5.46. The molecule has 0 heterocycles. The molecule has 274 valence electrons. The molecule has 0 N–H and O–H groups in total. The lowest BCUT2D eigenvalue weighted by Crippen LogP contribution is -2.26. The van der Waals surface area contributed by atoms with Crippen LogP contribution in [0.25, 0.3) is 44.7 Å². The zero-order valence-corrected chi connectivity index (χ0v) is 33.2. The standard InChI is InChI=1S/C40H35N.C15H14/c1-5-27(4)39(28-15-7-6-8-16-28)41-38(26(2)3)29-23-24-33-32-19-11-14-22-36(32)40(37(33)25-29)34-20-12-9-17-30(34)31-18-10-13-21-35(31)40;1-12(2)13-8-10-15(11-9-13)14-6-4-3-5-7-14/h6-26H,5H2,1-4H3;3-11H,1H2,2H3/b39-27+,41-38?;. The monoisotopic (exact) mass is 723 g/mol. The van der Waals surface area contributed by atoms with Crippen molar-refractivity contribution in [2.24, 2.45) is 10.9 Å². The predicted molar refractivity (Wildman–Crippen MR) is 240 cm³/mol. The first-order valence-corrected chi connectivity index (χ1v) is 19.9. The van der Waals surface area contributed by atoms with Crippen molar-refractivity contribution in [2.75, 3.05) is 0 Å². The van der Waals surface area contributed by atoms with Crippen molar-refractivity contribution >= 4 is 17.0 Å². The minimum absolute atomic E-state index is 0.263. The van der Waals surface area contributed by atoms with Gasteiger partial charge in [-0.3, -0.25) is 4.99 Å². The van der Waals surface area contributed by atoms with Crippen LogP contribution in [0, 0.1) is 5.92 Å². The second kappa shape index (κ2) is 15.4. The summed E-state index contributed by atoms with van der Waals surface area (Å²) in [4.78, 5) is 5.46. The van der Waals surface area contributed by atoms with Gasteiger partial charge >= 0.3 is 0 Å². The number of hydrogen-bond donors (Lipinski definition) is 0. The molecule has 56 heavy (non-hydrogen) atoms. The molecular weight excluding hydrogens is 675 g/mol. The second-order valence-electron chi connectivity index (χ2n) is 15.4. The largest absolute Gasteiger partial charge is 0.252 e. The summed E-state index contributed by atoms with van der Waals surface area (Å²) in [6.07, 6.45) is 0.968. The van der Waals surface area contributed by atoms with E-state index in [1.165, 1.54) is 77.9 Å². The highest BCUT2D eigenvalue weighted by Gasteiger charge is 2.51. The Bertz CT molecular complexity index is 2540. The van der Waals surface area contributed by atoms with Crippen LogP contribution >= 0.6 is 0 Å². The molecule has 0 saturated carbocycles. The Labute approximate surface area is 333 Å². The lowest BCUT2D eigenvalue weighted by Gasteiger charge is -2.31. The van der Waals surface area contributed by atoms with E-state index in [0.29, 0.717) is 0 Å². The Kier molecular flexibility index (Phi) is 10.1. The summed E-state index contributed by atoms with van der Waals surface area (Å²) in [6, 6.07) is 63.6. The van der Waals surface area contributed by atoms with E-state index in [4.69, 9.17) is 4.99 Å². The lowest BCUT2D eigenvalue weighted by molar-refractivity contribution is 0.792. The molecule has 0 bridgehead atoms. The smallest absolute Gasteiger partial charge is 0.0725 e. The van der Waals surface area contributed by atoms with Gasteiger partial charge in [-0.25, -0.2) is 0 Å². The number of aliphatic imine (C=N–C) groups is 1. The topological polar surface area (TPSA) is 12.4 Å². The fraction of sp³-hybridized carbons (Fsp3) is 0.145. The van der Waals surface area contributed by atoms with Crippen molar-refractivity contribution in [1.29, 1.82) is 0 Å². The molecule has 2 aliphatic carbocycles. The van der Waals surface area contributed by atoms with Crippen molar-refractivity contribution in [1.82, 2.24) is 0 Å². The van der Waals surface area contributed by atoms with Crippen molar-refractivity contribution in [3.63, 3.8) is 0 Å². The number of benzene rings is 7. The summed E-state index contributed by atoms with van der Waals surface area (Å²) in [5, 5.41) is 0. The zero-order valence-electron chi connectivity index (χ0n) is 33.2. The molecule has 0 radical (unpaired) electrons. The Morgan fingerprint density at radius 2 is 0.946 bits per heavy atom. The van der Waals surface area contributed by atoms with Crippen LogP contribution in [-0.4, -0.2) is 5.71 Å². The van der Waals surface area contributed by atoms with Gasteiger partial charge in [-0.2, -0.15) is 0 Å². The molecule has 0 amide bonds.